The molecule has 0 saturated carbocycles. The molecule has 0 N–H and O–H groups in total. The Labute approximate surface area is 153 Å². The van der Waals surface area contributed by atoms with Crippen molar-refractivity contribution in [2.75, 3.05) is 20.8 Å². The molecule has 1 aromatic carbocycles. The Kier molecular flexibility index (Phi) is 4.62. The lowest BCUT2D eigenvalue weighted by Crippen LogP contribution is -2.56. The summed E-state index contributed by atoms with van der Waals surface area (Å²) >= 11 is 1.42. The monoisotopic (exact) mass is 359 g/mol. The number of nitrogens with zero attached hydrogens (tertiary/aromatic N) is 1. The predicted molar refractivity (Wildman–Crippen MR) is 103 cm³/mol. The average molecular weight is 359 g/mol. The number of allylic oxidation sites excluding steroid dienone is 1. The van der Waals surface area contributed by atoms with E-state index in [-0.39, 0.29) is 9.99 Å². The van der Waals surface area contributed by atoms with Gasteiger partial charge < -0.3 is 14.4 Å². The van der Waals surface area contributed by atoms with Gasteiger partial charge in [0.1, 0.15) is 0 Å². The molecule has 1 saturated heterocycles. The van der Waals surface area contributed by atoms with Crippen molar-refractivity contribution in [3.05, 3.63) is 48.6 Å². The Hall–Kier alpha value is -1.88. The van der Waals surface area contributed by atoms with Gasteiger partial charge in [-0.2, -0.15) is 0 Å². The fraction of sp³-hybridized carbons (Fsp3) is 0.450. The molecule has 0 aliphatic carbocycles. The van der Waals surface area contributed by atoms with Crippen LogP contribution in [0, 0.1) is 0 Å². The van der Waals surface area contributed by atoms with Crippen LogP contribution in [0.4, 0.5) is 4.79 Å². The molecule has 0 aromatic heterocycles. The molecular formula is C20H25NO3S. The summed E-state index contributed by atoms with van der Waals surface area (Å²) in [5, 5.41) is 0.131. The molecule has 2 aliphatic heterocycles. The van der Waals surface area contributed by atoms with Crippen molar-refractivity contribution < 1.29 is 14.3 Å². The number of thioether (sulfide) groups is 1. The third-order valence-electron chi connectivity index (χ3n) is 5.50. The Morgan fingerprint density at radius 1 is 1.20 bits per heavy atom. The van der Waals surface area contributed by atoms with E-state index in [9.17, 15) is 4.79 Å². The van der Waals surface area contributed by atoms with Crippen LogP contribution < -0.4 is 9.47 Å². The van der Waals surface area contributed by atoms with Gasteiger partial charge in [0.2, 0.25) is 0 Å². The Morgan fingerprint density at radius 2 is 1.84 bits per heavy atom. The molecule has 0 unspecified atom stereocenters. The molecule has 0 bridgehead atoms. The number of carbonyl (C=O) groups excluding carboxylic acids is 1. The first kappa shape index (κ1) is 17.9. The van der Waals surface area contributed by atoms with Crippen molar-refractivity contribution in [1.82, 2.24) is 4.90 Å². The Balaban J connectivity index is 2.30. The quantitative estimate of drug-likeness (QED) is 0.699. The van der Waals surface area contributed by atoms with Crippen molar-refractivity contribution in [1.29, 1.82) is 0 Å². The van der Waals surface area contributed by atoms with Crippen LogP contribution in [-0.2, 0) is 12.0 Å². The van der Waals surface area contributed by atoms with E-state index in [1.165, 1.54) is 17.3 Å². The molecule has 1 aromatic rings. The largest absolute Gasteiger partial charge is 0.493 e. The molecule has 2 aliphatic rings. The normalized spacial score (nSPS) is 27.5. The van der Waals surface area contributed by atoms with E-state index < -0.39 is 5.54 Å². The van der Waals surface area contributed by atoms with Crippen LogP contribution in [-0.4, -0.2) is 35.7 Å². The van der Waals surface area contributed by atoms with E-state index in [1.807, 2.05) is 23.1 Å². The van der Waals surface area contributed by atoms with E-state index in [1.54, 1.807) is 14.2 Å². The van der Waals surface area contributed by atoms with Gasteiger partial charge >= 0.3 is 0 Å². The number of fused-ring (bicyclic) bond motifs is 3. The van der Waals surface area contributed by atoms with Crippen LogP contribution in [0.3, 0.4) is 0 Å². The minimum absolute atomic E-state index is 0.131. The Morgan fingerprint density at radius 3 is 2.44 bits per heavy atom. The molecule has 0 spiro atoms. The van der Waals surface area contributed by atoms with Gasteiger partial charge in [0.05, 0.1) is 24.5 Å². The first-order valence-electron chi connectivity index (χ1n) is 8.45. The number of amides is 1. The minimum atomic E-state index is -0.447. The predicted octanol–water partition coefficient (Wildman–Crippen LogP) is 4.53. The number of benzene rings is 1. The average Bonchev–Trinajstić information content (AvgIpc) is 2.81. The number of ether oxygens (including phenoxy) is 2. The zero-order chi connectivity index (χ0) is 18.2. The first-order chi connectivity index (χ1) is 12.0. The summed E-state index contributed by atoms with van der Waals surface area (Å²) in [5.41, 5.74) is 1.90. The van der Waals surface area contributed by atoms with Gasteiger partial charge in [-0.3, -0.25) is 4.79 Å². The summed E-state index contributed by atoms with van der Waals surface area (Å²) in [5.74, 6) is 1.42. The maximum Gasteiger partial charge on any atom is 0.283 e. The van der Waals surface area contributed by atoms with E-state index in [0.29, 0.717) is 18.7 Å². The van der Waals surface area contributed by atoms with Gasteiger partial charge in [0.25, 0.3) is 5.24 Å². The van der Waals surface area contributed by atoms with Crippen molar-refractivity contribution in [2.45, 2.75) is 36.5 Å². The lowest BCUT2D eigenvalue weighted by molar-refractivity contribution is 0.0995. The highest BCUT2D eigenvalue weighted by Gasteiger charge is 2.62. The fourth-order valence-corrected chi connectivity index (χ4v) is 5.78. The van der Waals surface area contributed by atoms with Crippen molar-refractivity contribution >= 4 is 17.0 Å². The standard InChI is InChI=1S/C20H25NO3S/c1-6-9-19(3)20(10-7-2)15-13-17(24-5)16(23-4)12-14(15)8-11-21(20)18(22)25-19/h6-7,12-13H,1-2,8-11H2,3-5H3/t19-,20+/m1/s1. The van der Waals surface area contributed by atoms with Crippen LogP contribution in [0.15, 0.2) is 37.4 Å². The van der Waals surface area contributed by atoms with Gasteiger partial charge in [-0.15, -0.1) is 13.2 Å². The van der Waals surface area contributed by atoms with Gasteiger partial charge in [-0.25, -0.2) is 0 Å². The van der Waals surface area contributed by atoms with Gasteiger partial charge in [0.15, 0.2) is 11.5 Å². The summed E-state index contributed by atoms with van der Waals surface area (Å²) in [6, 6.07) is 4.10. The number of rotatable bonds is 6. The molecule has 2 heterocycles. The molecule has 3 rings (SSSR count). The van der Waals surface area contributed by atoms with Crippen molar-refractivity contribution in [3.63, 3.8) is 0 Å². The third kappa shape index (κ3) is 2.40. The van der Waals surface area contributed by atoms with E-state index >= 15 is 0 Å². The molecule has 134 valence electrons. The second-order valence-corrected chi connectivity index (χ2v) is 8.17. The van der Waals surface area contributed by atoms with E-state index in [4.69, 9.17) is 9.47 Å². The van der Waals surface area contributed by atoms with E-state index in [0.717, 1.165) is 24.2 Å². The minimum Gasteiger partial charge on any atom is -0.493 e. The number of methoxy groups -OCH3 is 2. The summed E-state index contributed by atoms with van der Waals surface area (Å²) in [6.07, 6.45) is 6.06. The Bertz CT molecular complexity index is 732. The van der Waals surface area contributed by atoms with E-state index in [2.05, 4.69) is 26.1 Å². The molecule has 25 heavy (non-hydrogen) atoms. The van der Waals surface area contributed by atoms with Gasteiger partial charge in [-0.05, 0) is 49.4 Å². The SMILES string of the molecule is C=CC[C@@]1(C)SC(=O)N2CCc3cc(OC)c(OC)cc3[C@]21CC=C. The van der Waals surface area contributed by atoms with Gasteiger partial charge in [-0.1, -0.05) is 23.9 Å². The molecular weight excluding hydrogens is 334 g/mol. The van der Waals surface area contributed by atoms with Crippen LogP contribution >= 0.6 is 11.8 Å². The molecule has 1 fully saturated rings. The summed E-state index contributed by atoms with van der Waals surface area (Å²) in [7, 11) is 3.29. The summed E-state index contributed by atoms with van der Waals surface area (Å²) in [4.78, 5) is 14.9. The smallest absolute Gasteiger partial charge is 0.283 e. The number of hydrogen-bond donors (Lipinski definition) is 0. The molecule has 1 amide bonds. The molecule has 5 heteroatoms. The lowest BCUT2D eigenvalue weighted by atomic mass is 9.69. The van der Waals surface area contributed by atoms with Crippen LogP contribution in [0.5, 0.6) is 11.5 Å². The zero-order valence-corrected chi connectivity index (χ0v) is 15.9. The van der Waals surface area contributed by atoms with Crippen LogP contribution in [0.25, 0.3) is 0 Å². The van der Waals surface area contributed by atoms with Gasteiger partial charge in [0, 0.05) is 6.54 Å². The molecule has 4 nitrogen and oxygen atoms in total. The maximum absolute atomic E-state index is 12.8. The number of carbonyl (C=O) groups is 1. The van der Waals surface area contributed by atoms with Crippen molar-refractivity contribution in [2.24, 2.45) is 0 Å². The summed E-state index contributed by atoms with van der Waals surface area (Å²) < 4.78 is 10.7. The van der Waals surface area contributed by atoms with Crippen molar-refractivity contribution in [3.8, 4) is 11.5 Å². The molecule has 0 radical (unpaired) electrons. The lowest BCUT2D eigenvalue weighted by Gasteiger charge is -2.50. The zero-order valence-electron chi connectivity index (χ0n) is 15.1. The maximum atomic E-state index is 12.8. The first-order valence-corrected chi connectivity index (χ1v) is 9.27. The second kappa shape index (κ2) is 6.45. The number of hydrogen-bond acceptors (Lipinski definition) is 4. The van der Waals surface area contributed by atoms with Crippen LogP contribution in [0.1, 0.15) is 30.9 Å². The highest BCUT2D eigenvalue weighted by atomic mass is 32.2. The fourth-order valence-electron chi connectivity index (χ4n) is 4.36. The third-order valence-corrected chi connectivity index (χ3v) is 6.85. The highest BCUT2D eigenvalue weighted by Crippen LogP contribution is 2.61. The summed E-state index contributed by atoms with van der Waals surface area (Å²) in [6.45, 7) is 10.8. The highest BCUT2D eigenvalue weighted by molar-refractivity contribution is 8.15. The topological polar surface area (TPSA) is 38.8 Å². The molecule has 2 atom stereocenters. The van der Waals surface area contributed by atoms with Crippen LogP contribution in [0.2, 0.25) is 0 Å². The second-order valence-electron chi connectivity index (χ2n) is 6.71.